The number of halogens is 1. The van der Waals surface area contributed by atoms with Crippen molar-refractivity contribution in [2.24, 2.45) is 0 Å². The highest BCUT2D eigenvalue weighted by Crippen LogP contribution is 2.29. The summed E-state index contributed by atoms with van der Waals surface area (Å²) in [5.41, 5.74) is -0.0962. The number of sulfonamides is 2. The van der Waals surface area contributed by atoms with Gasteiger partial charge in [0.15, 0.2) is 0 Å². The van der Waals surface area contributed by atoms with E-state index in [1.807, 2.05) is 0 Å². The number of nitrogens with one attached hydrogen (secondary N) is 1. The Morgan fingerprint density at radius 1 is 1.36 bits per heavy atom. The monoisotopic (exact) mass is 394 g/mol. The van der Waals surface area contributed by atoms with E-state index in [4.69, 9.17) is 5.11 Å². The first-order valence-electron chi connectivity index (χ1n) is 7.63. The van der Waals surface area contributed by atoms with Crippen LogP contribution in [0.2, 0.25) is 0 Å². The Kier molecular flexibility index (Phi) is 5.69. The zero-order valence-electron chi connectivity index (χ0n) is 13.5. The van der Waals surface area contributed by atoms with Crippen LogP contribution in [0.25, 0.3) is 0 Å². The Labute approximate surface area is 145 Å². The zero-order valence-corrected chi connectivity index (χ0v) is 15.1. The van der Waals surface area contributed by atoms with E-state index in [9.17, 15) is 26.0 Å². The minimum atomic E-state index is -4.33. The molecule has 2 rings (SSSR count). The maximum atomic E-state index is 14.3. The van der Waals surface area contributed by atoms with Gasteiger partial charge in [0.2, 0.25) is 20.0 Å². The lowest BCUT2D eigenvalue weighted by Crippen LogP contribution is -2.40. The number of aliphatic carboxylic acids is 1. The number of carbonyl (C=O) groups is 1. The highest BCUT2D eigenvalue weighted by Gasteiger charge is 2.40. The van der Waals surface area contributed by atoms with Crippen molar-refractivity contribution in [2.75, 3.05) is 17.0 Å². The fourth-order valence-electron chi connectivity index (χ4n) is 2.67. The summed E-state index contributed by atoms with van der Waals surface area (Å²) in [7, 11) is -7.97. The van der Waals surface area contributed by atoms with Gasteiger partial charge in [-0.1, -0.05) is 6.92 Å². The summed E-state index contributed by atoms with van der Waals surface area (Å²) < 4.78 is 65.7. The van der Waals surface area contributed by atoms with Crippen LogP contribution < -0.4 is 4.72 Å². The average Bonchev–Trinajstić information content (AvgIpc) is 2.96. The van der Waals surface area contributed by atoms with E-state index in [0.29, 0.717) is 12.8 Å². The van der Waals surface area contributed by atoms with Gasteiger partial charge >= 0.3 is 5.97 Å². The molecule has 1 aliphatic rings. The van der Waals surface area contributed by atoms with E-state index in [1.165, 1.54) is 0 Å². The van der Waals surface area contributed by atoms with Gasteiger partial charge in [-0.15, -0.1) is 0 Å². The lowest BCUT2D eigenvalue weighted by molar-refractivity contribution is -0.140. The number of nitrogens with zero attached hydrogens (tertiary/aromatic N) is 1. The van der Waals surface area contributed by atoms with Crippen molar-refractivity contribution in [3.05, 3.63) is 24.0 Å². The molecule has 0 saturated carbocycles. The third kappa shape index (κ3) is 4.28. The number of hydrogen-bond donors (Lipinski definition) is 2. The molecule has 0 bridgehead atoms. The van der Waals surface area contributed by atoms with Crippen LogP contribution in [-0.2, 0) is 24.8 Å². The standard InChI is InChI=1S/C14H19FN2O6S2/c1-2-8-24(20,21)16-10-5-6-13(11(15)9-10)25(22,23)17-7-3-4-12(17)14(18)19/h5-6,9,12,16H,2-4,7-8H2,1H3,(H,18,19)/t12-/m0/s1. The summed E-state index contributed by atoms with van der Waals surface area (Å²) >= 11 is 0. The second-order valence-electron chi connectivity index (χ2n) is 5.68. The second-order valence-corrected chi connectivity index (χ2v) is 9.38. The number of benzene rings is 1. The van der Waals surface area contributed by atoms with Crippen molar-refractivity contribution in [2.45, 2.75) is 37.1 Å². The Morgan fingerprint density at radius 3 is 2.60 bits per heavy atom. The van der Waals surface area contributed by atoms with Crippen LogP contribution in [0.5, 0.6) is 0 Å². The van der Waals surface area contributed by atoms with E-state index in [-0.39, 0.29) is 24.4 Å². The second kappa shape index (κ2) is 7.26. The Balaban J connectivity index is 2.33. The predicted molar refractivity (Wildman–Crippen MR) is 88.7 cm³/mol. The van der Waals surface area contributed by atoms with Crippen molar-refractivity contribution < 1.29 is 31.1 Å². The van der Waals surface area contributed by atoms with E-state index in [2.05, 4.69) is 4.72 Å². The molecule has 1 fully saturated rings. The summed E-state index contributed by atoms with van der Waals surface area (Å²) in [6.07, 6.45) is 0.896. The SMILES string of the molecule is CCCS(=O)(=O)Nc1ccc(S(=O)(=O)N2CCC[C@H]2C(=O)O)c(F)c1. The first kappa shape index (κ1) is 19.6. The first-order chi connectivity index (χ1) is 11.6. The van der Waals surface area contributed by atoms with Crippen LogP contribution in [-0.4, -0.2) is 50.6 Å². The van der Waals surface area contributed by atoms with Gasteiger partial charge in [0.25, 0.3) is 0 Å². The lowest BCUT2D eigenvalue weighted by Gasteiger charge is -2.21. The van der Waals surface area contributed by atoms with Crippen molar-refractivity contribution in [3.63, 3.8) is 0 Å². The minimum absolute atomic E-state index is 0.0103. The molecule has 0 amide bonds. The molecule has 140 valence electrons. The first-order valence-corrected chi connectivity index (χ1v) is 10.7. The molecule has 1 heterocycles. The van der Waals surface area contributed by atoms with Crippen LogP contribution in [0.4, 0.5) is 10.1 Å². The molecule has 0 spiro atoms. The molecule has 0 radical (unpaired) electrons. The molecule has 1 saturated heterocycles. The molecular formula is C14H19FN2O6S2. The van der Waals surface area contributed by atoms with Gasteiger partial charge < -0.3 is 5.11 Å². The summed E-state index contributed by atoms with van der Waals surface area (Å²) in [5.74, 6) is -2.58. The van der Waals surface area contributed by atoms with Crippen molar-refractivity contribution in [1.82, 2.24) is 4.31 Å². The maximum Gasteiger partial charge on any atom is 0.322 e. The Hall–Kier alpha value is -1.72. The molecule has 11 heteroatoms. The number of anilines is 1. The largest absolute Gasteiger partial charge is 0.480 e. The van der Waals surface area contributed by atoms with Gasteiger partial charge in [-0.25, -0.2) is 21.2 Å². The van der Waals surface area contributed by atoms with Gasteiger partial charge in [-0.2, -0.15) is 4.31 Å². The number of hydrogen-bond acceptors (Lipinski definition) is 5. The van der Waals surface area contributed by atoms with Crippen LogP contribution in [0, 0.1) is 5.82 Å². The molecule has 1 atom stereocenters. The highest BCUT2D eigenvalue weighted by atomic mass is 32.2. The minimum Gasteiger partial charge on any atom is -0.480 e. The van der Waals surface area contributed by atoms with Crippen molar-refractivity contribution in [1.29, 1.82) is 0 Å². The zero-order chi connectivity index (χ0) is 18.8. The molecule has 0 aliphatic carbocycles. The molecule has 1 aromatic rings. The van der Waals surface area contributed by atoms with E-state index < -0.39 is 42.8 Å². The summed E-state index contributed by atoms with van der Waals surface area (Å²) in [6, 6.07) is 1.61. The fourth-order valence-corrected chi connectivity index (χ4v) is 5.50. The van der Waals surface area contributed by atoms with Crippen LogP contribution in [0.15, 0.2) is 23.1 Å². The fraction of sp³-hybridized carbons (Fsp3) is 0.500. The highest BCUT2D eigenvalue weighted by molar-refractivity contribution is 7.92. The average molecular weight is 394 g/mol. The van der Waals surface area contributed by atoms with Gasteiger partial charge in [0, 0.05) is 6.54 Å². The van der Waals surface area contributed by atoms with Gasteiger partial charge in [0.1, 0.15) is 16.8 Å². The molecule has 1 aromatic carbocycles. The topological polar surface area (TPSA) is 121 Å². The molecule has 1 aliphatic heterocycles. The molecule has 8 nitrogen and oxygen atoms in total. The Bertz CT molecular complexity index is 869. The van der Waals surface area contributed by atoms with Gasteiger partial charge in [-0.3, -0.25) is 9.52 Å². The van der Waals surface area contributed by atoms with Crippen LogP contribution in [0.1, 0.15) is 26.2 Å². The Morgan fingerprint density at radius 2 is 2.04 bits per heavy atom. The van der Waals surface area contributed by atoms with Crippen LogP contribution >= 0.6 is 0 Å². The molecule has 0 aromatic heterocycles. The smallest absolute Gasteiger partial charge is 0.322 e. The van der Waals surface area contributed by atoms with E-state index >= 15 is 0 Å². The maximum absolute atomic E-state index is 14.3. The van der Waals surface area contributed by atoms with Gasteiger partial charge in [0.05, 0.1) is 11.4 Å². The van der Waals surface area contributed by atoms with Crippen LogP contribution in [0.3, 0.4) is 0 Å². The quantitative estimate of drug-likeness (QED) is 0.717. The predicted octanol–water partition coefficient (Wildman–Crippen LogP) is 1.22. The van der Waals surface area contributed by atoms with Gasteiger partial charge in [-0.05, 0) is 37.5 Å². The number of carboxylic acids is 1. The third-order valence-corrected chi connectivity index (χ3v) is 7.19. The molecule has 0 unspecified atom stereocenters. The summed E-state index contributed by atoms with van der Waals surface area (Å²) in [4.78, 5) is 10.5. The van der Waals surface area contributed by atoms with Crippen molar-refractivity contribution >= 4 is 31.7 Å². The van der Waals surface area contributed by atoms with Crippen molar-refractivity contribution in [3.8, 4) is 0 Å². The summed E-state index contributed by atoms with van der Waals surface area (Å²) in [6.45, 7) is 1.66. The molecule has 2 N–H and O–H groups in total. The lowest BCUT2D eigenvalue weighted by atomic mass is 10.2. The molecule has 25 heavy (non-hydrogen) atoms. The molecular weight excluding hydrogens is 375 g/mol. The normalized spacial score (nSPS) is 19.0. The number of carboxylic acid groups (broad SMARTS) is 1. The van der Waals surface area contributed by atoms with E-state index in [0.717, 1.165) is 22.5 Å². The number of rotatable bonds is 7. The third-order valence-electron chi connectivity index (χ3n) is 3.75. The van der Waals surface area contributed by atoms with E-state index in [1.54, 1.807) is 6.92 Å². The summed E-state index contributed by atoms with van der Waals surface area (Å²) in [5, 5.41) is 9.11.